The van der Waals surface area contributed by atoms with Crippen LogP contribution in [0.4, 0.5) is 0 Å². The summed E-state index contributed by atoms with van der Waals surface area (Å²) in [4.78, 5) is 23.5. The van der Waals surface area contributed by atoms with Gasteiger partial charge in [-0.15, -0.1) is 0 Å². The molecule has 136 valence electrons. The fourth-order valence-corrected chi connectivity index (χ4v) is 3.17. The zero-order chi connectivity index (χ0) is 18.2. The Labute approximate surface area is 155 Å². The Kier molecular flexibility index (Phi) is 7.31. The van der Waals surface area contributed by atoms with E-state index < -0.39 is 5.97 Å². The molecule has 1 aliphatic carbocycles. The number of halogens is 1. The molecule has 0 spiro atoms. The zero-order valence-corrected chi connectivity index (χ0v) is 15.7. The number of methoxy groups -OCH3 is 1. The lowest BCUT2D eigenvalue weighted by molar-refractivity contribution is -0.144. The number of hydrogen-bond acceptors (Lipinski definition) is 5. The van der Waals surface area contributed by atoms with Crippen molar-refractivity contribution < 1.29 is 24.2 Å². The number of phenols is 1. The topological polar surface area (TPSA) is 84.9 Å². The van der Waals surface area contributed by atoms with E-state index in [1.54, 1.807) is 12.1 Å². The van der Waals surface area contributed by atoms with Crippen molar-refractivity contribution in [3.05, 3.63) is 28.2 Å². The number of carbonyl (C=O) groups excluding carboxylic acids is 2. The molecule has 0 atom stereocenters. The van der Waals surface area contributed by atoms with Crippen LogP contribution in [0.5, 0.6) is 11.5 Å². The molecule has 0 saturated heterocycles. The number of nitrogens with one attached hydrogen (secondary N) is 1. The fraction of sp³-hybridized carbons (Fsp3) is 0.444. The van der Waals surface area contributed by atoms with E-state index in [1.807, 2.05) is 0 Å². The van der Waals surface area contributed by atoms with Crippen molar-refractivity contribution in [2.75, 3.05) is 13.7 Å². The van der Waals surface area contributed by atoms with Gasteiger partial charge in [0, 0.05) is 12.1 Å². The van der Waals surface area contributed by atoms with E-state index >= 15 is 0 Å². The smallest absolute Gasteiger partial charge is 0.331 e. The van der Waals surface area contributed by atoms with Crippen molar-refractivity contribution >= 4 is 33.9 Å². The van der Waals surface area contributed by atoms with Crippen molar-refractivity contribution in [3.63, 3.8) is 0 Å². The van der Waals surface area contributed by atoms with Crippen molar-refractivity contribution in [2.24, 2.45) is 0 Å². The van der Waals surface area contributed by atoms with Crippen LogP contribution in [0.2, 0.25) is 0 Å². The van der Waals surface area contributed by atoms with Crippen molar-refractivity contribution in [1.29, 1.82) is 0 Å². The SMILES string of the molecule is COc1cc(/C=C/C(=O)OCC(=O)NC2CCCCC2)cc(Br)c1O. The maximum Gasteiger partial charge on any atom is 0.331 e. The molecule has 1 aromatic rings. The van der Waals surface area contributed by atoms with Crippen molar-refractivity contribution in [1.82, 2.24) is 5.32 Å². The van der Waals surface area contributed by atoms with Crippen LogP contribution in [0.3, 0.4) is 0 Å². The van der Waals surface area contributed by atoms with E-state index in [-0.39, 0.29) is 30.1 Å². The Hall–Kier alpha value is -2.02. The van der Waals surface area contributed by atoms with Crippen LogP contribution in [-0.4, -0.2) is 36.7 Å². The predicted molar refractivity (Wildman–Crippen MR) is 97.4 cm³/mol. The summed E-state index contributed by atoms with van der Waals surface area (Å²) >= 11 is 3.21. The Morgan fingerprint density at radius 1 is 1.32 bits per heavy atom. The molecule has 0 aliphatic heterocycles. The highest BCUT2D eigenvalue weighted by molar-refractivity contribution is 9.10. The van der Waals surface area contributed by atoms with E-state index in [0.29, 0.717) is 10.0 Å². The molecule has 0 heterocycles. The van der Waals surface area contributed by atoms with Gasteiger partial charge in [0.2, 0.25) is 0 Å². The molecular weight excluding hydrogens is 390 g/mol. The van der Waals surface area contributed by atoms with Gasteiger partial charge in [0.15, 0.2) is 18.1 Å². The maximum atomic E-state index is 11.8. The highest BCUT2D eigenvalue weighted by atomic mass is 79.9. The molecule has 25 heavy (non-hydrogen) atoms. The third kappa shape index (κ3) is 6.08. The first kappa shape index (κ1) is 19.3. The quantitative estimate of drug-likeness (QED) is 0.554. The van der Waals surface area contributed by atoms with Gasteiger partial charge in [0.05, 0.1) is 11.6 Å². The number of esters is 1. The minimum Gasteiger partial charge on any atom is -0.503 e. The summed E-state index contributed by atoms with van der Waals surface area (Å²) in [5.74, 6) is -0.611. The monoisotopic (exact) mass is 411 g/mol. The number of phenolic OH excluding ortho intramolecular Hbond substituents is 1. The summed E-state index contributed by atoms with van der Waals surface area (Å²) in [7, 11) is 1.44. The Balaban J connectivity index is 1.82. The predicted octanol–water partition coefficient (Wildman–Crippen LogP) is 3.17. The summed E-state index contributed by atoms with van der Waals surface area (Å²) < 4.78 is 10.4. The second kappa shape index (κ2) is 9.46. The first-order valence-corrected chi connectivity index (χ1v) is 8.99. The summed E-state index contributed by atoms with van der Waals surface area (Å²) in [6.45, 7) is -0.289. The molecule has 6 nitrogen and oxygen atoms in total. The standard InChI is InChI=1S/C18H22BrNO5/c1-24-15-10-12(9-14(19)18(15)23)7-8-17(22)25-11-16(21)20-13-5-3-2-4-6-13/h7-10,13,23H,2-6,11H2,1H3,(H,20,21)/b8-7+. The van der Waals surface area contributed by atoms with Gasteiger partial charge in [-0.2, -0.15) is 0 Å². The van der Waals surface area contributed by atoms with Crippen LogP contribution >= 0.6 is 15.9 Å². The van der Waals surface area contributed by atoms with E-state index in [2.05, 4.69) is 21.2 Å². The largest absolute Gasteiger partial charge is 0.503 e. The van der Waals surface area contributed by atoms with Gasteiger partial charge in [-0.1, -0.05) is 19.3 Å². The van der Waals surface area contributed by atoms with Gasteiger partial charge in [-0.3, -0.25) is 4.79 Å². The third-order valence-electron chi connectivity index (χ3n) is 4.00. The van der Waals surface area contributed by atoms with Gasteiger partial charge in [-0.25, -0.2) is 4.79 Å². The Morgan fingerprint density at radius 2 is 2.04 bits per heavy atom. The lowest BCUT2D eigenvalue weighted by Gasteiger charge is -2.22. The number of carbonyl (C=O) groups is 2. The summed E-state index contributed by atoms with van der Waals surface area (Å²) in [6.07, 6.45) is 8.18. The van der Waals surface area contributed by atoms with E-state index in [9.17, 15) is 14.7 Å². The molecule has 2 N–H and O–H groups in total. The zero-order valence-electron chi connectivity index (χ0n) is 14.1. The average molecular weight is 412 g/mol. The number of hydrogen-bond donors (Lipinski definition) is 2. The van der Waals surface area contributed by atoms with Crippen LogP contribution in [0.15, 0.2) is 22.7 Å². The summed E-state index contributed by atoms with van der Waals surface area (Å²) in [5, 5.41) is 12.6. The number of rotatable bonds is 6. The second-order valence-corrected chi connectivity index (χ2v) is 6.75. The lowest BCUT2D eigenvalue weighted by Crippen LogP contribution is -2.38. The van der Waals surface area contributed by atoms with Gasteiger partial charge >= 0.3 is 5.97 Å². The third-order valence-corrected chi connectivity index (χ3v) is 4.60. The maximum absolute atomic E-state index is 11.8. The lowest BCUT2D eigenvalue weighted by atomic mass is 9.95. The molecule has 0 radical (unpaired) electrons. The molecular formula is C18H22BrNO5. The van der Waals surface area contributed by atoms with Gasteiger partial charge in [-0.05, 0) is 52.5 Å². The van der Waals surface area contributed by atoms with Crippen LogP contribution < -0.4 is 10.1 Å². The van der Waals surface area contributed by atoms with E-state index in [4.69, 9.17) is 9.47 Å². The molecule has 0 bridgehead atoms. The van der Waals surface area contributed by atoms with Gasteiger partial charge in [0.1, 0.15) is 0 Å². The molecule has 0 unspecified atom stereocenters. The molecule has 1 fully saturated rings. The average Bonchev–Trinajstić information content (AvgIpc) is 2.61. The first-order chi connectivity index (χ1) is 12.0. The first-order valence-electron chi connectivity index (χ1n) is 8.20. The van der Waals surface area contributed by atoms with Crippen molar-refractivity contribution in [2.45, 2.75) is 38.1 Å². The summed E-state index contributed by atoms with van der Waals surface area (Å²) in [5.41, 5.74) is 0.644. The second-order valence-electron chi connectivity index (χ2n) is 5.90. The van der Waals surface area contributed by atoms with Crippen LogP contribution in [0.25, 0.3) is 6.08 Å². The normalized spacial score (nSPS) is 15.1. The molecule has 1 aromatic carbocycles. The number of benzene rings is 1. The molecule has 2 rings (SSSR count). The minimum atomic E-state index is -0.609. The highest BCUT2D eigenvalue weighted by Crippen LogP contribution is 2.35. The molecule has 1 saturated carbocycles. The Morgan fingerprint density at radius 3 is 2.72 bits per heavy atom. The number of amides is 1. The fourth-order valence-electron chi connectivity index (χ4n) is 2.71. The van der Waals surface area contributed by atoms with E-state index in [0.717, 1.165) is 25.7 Å². The van der Waals surface area contributed by atoms with Gasteiger partial charge in [0.25, 0.3) is 5.91 Å². The molecule has 1 aliphatic rings. The minimum absolute atomic E-state index is 0.0124. The summed E-state index contributed by atoms with van der Waals surface area (Å²) in [6, 6.07) is 3.41. The number of ether oxygens (including phenoxy) is 2. The molecule has 7 heteroatoms. The van der Waals surface area contributed by atoms with Crippen LogP contribution in [0.1, 0.15) is 37.7 Å². The van der Waals surface area contributed by atoms with Crippen LogP contribution in [-0.2, 0) is 14.3 Å². The highest BCUT2D eigenvalue weighted by Gasteiger charge is 2.16. The van der Waals surface area contributed by atoms with Crippen molar-refractivity contribution in [3.8, 4) is 11.5 Å². The molecule has 0 aromatic heterocycles. The van der Waals surface area contributed by atoms with Crippen LogP contribution in [0, 0.1) is 0 Å². The van der Waals surface area contributed by atoms with E-state index in [1.165, 1.54) is 25.7 Å². The number of aromatic hydroxyl groups is 1. The Bertz CT molecular complexity index is 653. The molecule has 1 amide bonds. The van der Waals surface area contributed by atoms with Gasteiger partial charge < -0.3 is 19.9 Å².